The number of aryl methyl sites for hydroxylation is 2. The number of rotatable bonds is 2. The predicted molar refractivity (Wildman–Crippen MR) is 91.7 cm³/mol. The maximum atomic E-state index is 12.7. The van der Waals surface area contributed by atoms with Gasteiger partial charge in [0.2, 0.25) is 0 Å². The van der Waals surface area contributed by atoms with Crippen molar-refractivity contribution in [3.63, 3.8) is 0 Å². The summed E-state index contributed by atoms with van der Waals surface area (Å²) in [6.45, 7) is 6.56. The van der Waals surface area contributed by atoms with Crippen LogP contribution in [-0.4, -0.2) is 5.78 Å². The van der Waals surface area contributed by atoms with Gasteiger partial charge < -0.3 is 0 Å². The van der Waals surface area contributed by atoms with Crippen molar-refractivity contribution >= 4 is 5.78 Å². The van der Waals surface area contributed by atoms with Crippen molar-refractivity contribution in [1.82, 2.24) is 0 Å². The van der Waals surface area contributed by atoms with E-state index < -0.39 is 0 Å². The first-order chi connectivity index (χ1) is 10.4. The summed E-state index contributed by atoms with van der Waals surface area (Å²) >= 11 is 0. The average molecular weight is 292 g/mol. The zero-order chi connectivity index (χ0) is 15.7. The molecule has 0 radical (unpaired) electrons. The third-order valence-electron chi connectivity index (χ3n) is 4.62. The molecule has 1 aliphatic rings. The predicted octanol–water partition coefficient (Wildman–Crippen LogP) is 5.09. The first-order valence-corrected chi connectivity index (χ1v) is 8.22. The second-order valence-corrected chi connectivity index (χ2v) is 7.35. The third-order valence-corrected chi connectivity index (χ3v) is 4.62. The smallest absolute Gasteiger partial charge is 0.193 e. The van der Waals surface area contributed by atoms with Crippen molar-refractivity contribution < 1.29 is 4.79 Å². The number of ketones is 1. The molecular formula is C21H24O. The summed E-state index contributed by atoms with van der Waals surface area (Å²) in [6.07, 6.45) is 4.78. The molecule has 0 bridgehead atoms. The van der Waals surface area contributed by atoms with E-state index in [9.17, 15) is 4.79 Å². The van der Waals surface area contributed by atoms with Crippen molar-refractivity contribution in [2.24, 2.45) is 0 Å². The molecule has 3 rings (SSSR count). The topological polar surface area (TPSA) is 17.1 Å². The van der Waals surface area contributed by atoms with Crippen LogP contribution in [0.25, 0.3) is 0 Å². The van der Waals surface area contributed by atoms with Gasteiger partial charge in [-0.15, -0.1) is 0 Å². The highest BCUT2D eigenvalue weighted by atomic mass is 16.1. The van der Waals surface area contributed by atoms with E-state index in [0.717, 1.165) is 24.0 Å². The fourth-order valence-electron chi connectivity index (χ4n) is 3.16. The Morgan fingerprint density at radius 3 is 2.05 bits per heavy atom. The Morgan fingerprint density at radius 2 is 1.41 bits per heavy atom. The van der Waals surface area contributed by atoms with Gasteiger partial charge in [0.25, 0.3) is 0 Å². The number of carbonyl (C=O) groups excluding carboxylic acids is 1. The highest BCUT2D eigenvalue weighted by Gasteiger charge is 2.16. The van der Waals surface area contributed by atoms with Gasteiger partial charge in [0.15, 0.2) is 5.78 Å². The lowest BCUT2D eigenvalue weighted by Gasteiger charge is -2.19. The molecule has 0 aliphatic heterocycles. The lowest BCUT2D eigenvalue weighted by atomic mass is 9.85. The molecule has 0 amide bonds. The Bertz CT molecular complexity index is 687. The Balaban J connectivity index is 1.87. The molecule has 1 aliphatic carbocycles. The third kappa shape index (κ3) is 2.99. The summed E-state index contributed by atoms with van der Waals surface area (Å²) in [5.41, 5.74) is 5.77. The van der Waals surface area contributed by atoms with E-state index in [1.165, 1.54) is 29.5 Å². The quantitative estimate of drug-likeness (QED) is 0.704. The SMILES string of the molecule is CC(C)(C)c1ccc(C(=O)c2ccc3c(c2)CCCC3)cc1. The molecule has 0 aromatic heterocycles. The normalized spacial score (nSPS) is 14.5. The molecule has 0 saturated heterocycles. The van der Waals surface area contributed by atoms with Crippen molar-refractivity contribution in [3.05, 3.63) is 70.3 Å². The van der Waals surface area contributed by atoms with E-state index in [1.54, 1.807) is 0 Å². The summed E-state index contributed by atoms with van der Waals surface area (Å²) in [6, 6.07) is 14.3. The molecule has 22 heavy (non-hydrogen) atoms. The van der Waals surface area contributed by atoms with Crippen LogP contribution in [0.5, 0.6) is 0 Å². The first kappa shape index (κ1) is 15.0. The van der Waals surface area contributed by atoms with Crippen molar-refractivity contribution in [2.75, 3.05) is 0 Å². The van der Waals surface area contributed by atoms with Gasteiger partial charge in [-0.25, -0.2) is 0 Å². The van der Waals surface area contributed by atoms with E-state index in [4.69, 9.17) is 0 Å². The highest BCUT2D eigenvalue weighted by Crippen LogP contribution is 2.25. The van der Waals surface area contributed by atoms with Gasteiger partial charge in [-0.1, -0.05) is 57.2 Å². The molecule has 0 heterocycles. The average Bonchev–Trinajstić information content (AvgIpc) is 2.53. The lowest BCUT2D eigenvalue weighted by Crippen LogP contribution is -2.11. The summed E-state index contributed by atoms with van der Waals surface area (Å²) in [5, 5.41) is 0. The minimum absolute atomic E-state index is 0.118. The number of fused-ring (bicyclic) bond motifs is 1. The second-order valence-electron chi connectivity index (χ2n) is 7.35. The van der Waals surface area contributed by atoms with Crippen LogP contribution in [-0.2, 0) is 18.3 Å². The molecule has 1 nitrogen and oxygen atoms in total. The Labute approximate surface area is 133 Å². The Morgan fingerprint density at radius 1 is 0.818 bits per heavy atom. The summed E-state index contributed by atoms with van der Waals surface area (Å²) in [4.78, 5) is 12.7. The molecular weight excluding hydrogens is 268 g/mol. The van der Waals surface area contributed by atoms with Crippen LogP contribution < -0.4 is 0 Å². The van der Waals surface area contributed by atoms with Crippen LogP contribution in [0.2, 0.25) is 0 Å². The van der Waals surface area contributed by atoms with Gasteiger partial charge in [0.05, 0.1) is 0 Å². The molecule has 114 valence electrons. The largest absolute Gasteiger partial charge is 0.289 e. The standard InChI is InChI=1S/C21H24O/c1-21(2,3)19-12-10-16(11-13-19)20(22)18-9-8-15-6-4-5-7-17(15)14-18/h8-14H,4-7H2,1-3H3. The summed E-state index contributed by atoms with van der Waals surface area (Å²) in [5.74, 6) is 0.133. The zero-order valence-corrected chi connectivity index (χ0v) is 13.8. The fraction of sp³-hybridized carbons (Fsp3) is 0.381. The van der Waals surface area contributed by atoms with Gasteiger partial charge in [-0.05, 0) is 53.9 Å². The number of benzene rings is 2. The van der Waals surface area contributed by atoms with Gasteiger partial charge in [0.1, 0.15) is 0 Å². The van der Waals surface area contributed by atoms with Crippen molar-refractivity contribution in [1.29, 1.82) is 0 Å². The van der Waals surface area contributed by atoms with Crippen molar-refractivity contribution in [2.45, 2.75) is 51.9 Å². The van der Waals surface area contributed by atoms with E-state index in [0.29, 0.717) is 0 Å². The Hall–Kier alpha value is -1.89. The summed E-state index contributed by atoms with van der Waals surface area (Å²) in [7, 11) is 0. The molecule has 2 aromatic rings. The molecule has 0 N–H and O–H groups in total. The highest BCUT2D eigenvalue weighted by molar-refractivity contribution is 6.09. The molecule has 0 spiro atoms. The van der Waals surface area contributed by atoms with Crippen LogP contribution in [0.1, 0.15) is 66.2 Å². The molecule has 0 atom stereocenters. The van der Waals surface area contributed by atoms with Crippen LogP contribution in [0.15, 0.2) is 42.5 Å². The van der Waals surface area contributed by atoms with E-state index >= 15 is 0 Å². The van der Waals surface area contributed by atoms with Crippen LogP contribution in [0, 0.1) is 0 Å². The van der Waals surface area contributed by atoms with E-state index in [-0.39, 0.29) is 11.2 Å². The molecule has 2 aromatic carbocycles. The summed E-state index contributed by atoms with van der Waals surface area (Å²) < 4.78 is 0. The maximum absolute atomic E-state index is 12.7. The second kappa shape index (κ2) is 5.72. The first-order valence-electron chi connectivity index (χ1n) is 8.22. The number of hydrogen-bond acceptors (Lipinski definition) is 1. The molecule has 1 heteroatoms. The minimum Gasteiger partial charge on any atom is -0.289 e. The maximum Gasteiger partial charge on any atom is 0.193 e. The zero-order valence-electron chi connectivity index (χ0n) is 13.8. The van der Waals surface area contributed by atoms with Crippen LogP contribution >= 0.6 is 0 Å². The van der Waals surface area contributed by atoms with Crippen LogP contribution in [0.3, 0.4) is 0 Å². The van der Waals surface area contributed by atoms with Gasteiger partial charge >= 0.3 is 0 Å². The lowest BCUT2D eigenvalue weighted by molar-refractivity contribution is 0.103. The number of carbonyl (C=O) groups is 1. The Kier molecular flexibility index (Phi) is 3.90. The molecule has 0 fully saturated rings. The molecule has 0 unspecified atom stereocenters. The number of hydrogen-bond donors (Lipinski definition) is 0. The monoisotopic (exact) mass is 292 g/mol. The van der Waals surface area contributed by atoms with Gasteiger partial charge in [0, 0.05) is 11.1 Å². The van der Waals surface area contributed by atoms with E-state index in [1.807, 2.05) is 18.2 Å². The minimum atomic E-state index is 0.118. The van der Waals surface area contributed by atoms with E-state index in [2.05, 4.69) is 45.0 Å². The van der Waals surface area contributed by atoms with Gasteiger partial charge in [-0.3, -0.25) is 4.79 Å². The van der Waals surface area contributed by atoms with Gasteiger partial charge in [-0.2, -0.15) is 0 Å². The fourth-order valence-corrected chi connectivity index (χ4v) is 3.16. The van der Waals surface area contributed by atoms with Crippen LogP contribution in [0.4, 0.5) is 0 Å². The van der Waals surface area contributed by atoms with Crippen molar-refractivity contribution in [3.8, 4) is 0 Å². The molecule has 0 saturated carbocycles.